The highest BCUT2D eigenvalue weighted by Crippen LogP contribution is 2.31. The Morgan fingerprint density at radius 3 is 2.43 bits per heavy atom. The number of β-amino-alcohol motifs (C(OH)–C–C–N with tert-alkyl or cyclic N) is 1. The lowest BCUT2D eigenvalue weighted by molar-refractivity contribution is 0.114. The molecule has 2 N–H and O–H groups in total. The van der Waals surface area contributed by atoms with E-state index in [-0.39, 0.29) is 0 Å². The fourth-order valence-electron chi connectivity index (χ4n) is 3.93. The average Bonchev–Trinajstić information content (AvgIpc) is 2.76. The van der Waals surface area contributed by atoms with Gasteiger partial charge in [0.2, 0.25) is 0 Å². The Kier molecular flexibility index (Phi) is 6.01. The van der Waals surface area contributed by atoms with Gasteiger partial charge in [0.1, 0.15) is 5.82 Å². The summed E-state index contributed by atoms with van der Waals surface area (Å²) in [5, 5.41) is 13.8. The van der Waals surface area contributed by atoms with Gasteiger partial charge in [-0.15, -0.1) is 0 Å². The van der Waals surface area contributed by atoms with Gasteiger partial charge in [-0.1, -0.05) is 24.3 Å². The van der Waals surface area contributed by atoms with E-state index in [9.17, 15) is 5.11 Å². The fraction of sp³-hybridized carbons (Fsp3) is 0.391. The van der Waals surface area contributed by atoms with Crippen LogP contribution in [0.15, 0.2) is 36.4 Å². The molecule has 2 heterocycles. The van der Waals surface area contributed by atoms with Crippen molar-refractivity contribution in [3.8, 4) is 11.5 Å². The summed E-state index contributed by atoms with van der Waals surface area (Å²) in [5.41, 5.74) is 4.99. The van der Waals surface area contributed by atoms with Gasteiger partial charge in [0.15, 0.2) is 11.5 Å². The van der Waals surface area contributed by atoms with Gasteiger partial charge in [0, 0.05) is 38.3 Å². The average molecular weight is 409 g/mol. The summed E-state index contributed by atoms with van der Waals surface area (Å²) >= 11 is 0. The molecule has 1 aliphatic heterocycles. The number of methoxy groups -OCH3 is 2. The van der Waals surface area contributed by atoms with Crippen molar-refractivity contribution in [2.24, 2.45) is 0 Å². The van der Waals surface area contributed by atoms with Crippen molar-refractivity contribution < 1.29 is 14.6 Å². The molecule has 1 atom stereocenters. The van der Waals surface area contributed by atoms with E-state index in [1.54, 1.807) is 14.2 Å². The van der Waals surface area contributed by atoms with Crippen molar-refractivity contribution in [3.05, 3.63) is 53.2 Å². The molecule has 1 aromatic heterocycles. The van der Waals surface area contributed by atoms with Crippen LogP contribution >= 0.6 is 0 Å². The second-order valence-electron chi connectivity index (χ2n) is 7.64. The van der Waals surface area contributed by atoms with E-state index in [0.717, 1.165) is 30.7 Å². The second-order valence-corrected chi connectivity index (χ2v) is 7.64. The lowest BCUT2D eigenvalue weighted by Gasteiger charge is -2.30. The summed E-state index contributed by atoms with van der Waals surface area (Å²) in [4.78, 5) is 11.6. The van der Waals surface area contributed by atoms with Crippen molar-refractivity contribution in [2.45, 2.75) is 26.0 Å². The summed E-state index contributed by atoms with van der Waals surface area (Å²) in [6, 6.07) is 12.2. The zero-order chi connectivity index (χ0) is 21.1. The topological polar surface area (TPSA) is 79.7 Å². The molecule has 0 amide bonds. The lowest BCUT2D eigenvalue weighted by Crippen LogP contribution is -2.39. The number of nitrogens with one attached hydrogen (secondary N) is 1. The molecule has 0 saturated carbocycles. The molecule has 0 spiro atoms. The number of hydrogen-bond acceptors (Lipinski definition) is 7. The first-order chi connectivity index (χ1) is 14.6. The zero-order valence-electron chi connectivity index (χ0n) is 17.7. The molecule has 0 bridgehead atoms. The highest BCUT2D eigenvalue weighted by molar-refractivity contribution is 5.80. The van der Waals surface area contributed by atoms with E-state index in [4.69, 9.17) is 9.47 Å². The van der Waals surface area contributed by atoms with Gasteiger partial charge in [0.25, 0.3) is 0 Å². The number of aromatic nitrogens is 2. The third-order valence-electron chi connectivity index (χ3n) is 5.53. The molecule has 158 valence electrons. The van der Waals surface area contributed by atoms with Gasteiger partial charge >= 0.3 is 0 Å². The van der Waals surface area contributed by atoms with Crippen molar-refractivity contribution in [2.75, 3.05) is 39.2 Å². The Morgan fingerprint density at radius 2 is 1.73 bits per heavy atom. The Labute approximate surface area is 176 Å². The number of anilines is 1. The van der Waals surface area contributed by atoms with Crippen LogP contribution in [-0.4, -0.2) is 59.9 Å². The molecule has 4 rings (SSSR count). The number of aliphatic hydroxyl groups is 1. The number of nitrogens with zero attached hydrogens (tertiary/aromatic N) is 3. The van der Waals surface area contributed by atoms with E-state index >= 15 is 0 Å². The van der Waals surface area contributed by atoms with E-state index in [0.29, 0.717) is 35.9 Å². The minimum absolute atomic E-state index is 0.409. The number of benzene rings is 2. The van der Waals surface area contributed by atoms with Crippen LogP contribution in [0.4, 0.5) is 5.82 Å². The normalized spacial score (nSPS) is 14.9. The quantitative estimate of drug-likeness (QED) is 0.622. The molecule has 7 nitrogen and oxygen atoms in total. The Balaban J connectivity index is 1.41. The Morgan fingerprint density at radius 1 is 1.07 bits per heavy atom. The molecular weight excluding hydrogens is 380 g/mol. The molecule has 0 saturated heterocycles. The Hall–Kier alpha value is -2.90. The fourth-order valence-corrected chi connectivity index (χ4v) is 3.93. The van der Waals surface area contributed by atoms with Crippen LogP contribution in [0.2, 0.25) is 0 Å². The first kappa shape index (κ1) is 20.4. The van der Waals surface area contributed by atoms with Gasteiger partial charge in [-0.3, -0.25) is 4.90 Å². The third kappa shape index (κ3) is 4.32. The van der Waals surface area contributed by atoms with E-state index < -0.39 is 6.10 Å². The van der Waals surface area contributed by atoms with Crippen LogP contribution in [0.1, 0.15) is 16.8 Å². The molecular formula is C23H28N4O3. The molecule has 0 aliphatic carbocycles. The van der Waals surface area contributed by atoms with Crippen LogP contribution in [0.3, 0.4) is 0 Å². The maximum Gasteiger partial charge on any atom is 0.163 e. The van der Waals surface area contributed by atoms with Crippen molar-refractivity contribution in [3.63, 3.8) is 0 Å². The highest BCUT2D eigenvalue weighted by atomic mass is 16.5. The van der Waals surface area contributed by atoms with Crippen molar-refractivity contribution in [1.82, 2.24) is 14.9 Å². The second kappa shape index (κ2) is 8.85. The minimum Gasteiger partial charge on any atom is -0.493 e. The number of ether oxygens (including phenoxy) is 2. The molecule has 7 heteroatoms. The number of rotatable bonds is 7. The van der Waals surface area contributed by atoms with E-state index in [1.165, 1.54) is 11.1 Å². The van der Waals surface area contributed by atoms with Gasteiger partial charge in [0.05, 0.1) is 37.1 Å². The van der Waals surface area contributed by atoms with Gasteiger partial charge < -0.3 is 19.9 Å². The zero-order valence-corrected chi connectivity index (χ0v) is 17.7. The standard InChI is InChI=1S/C23H28N4O3/c1-15-23(26-20-11-22(30-3)21(29-2)10-19(20)25-15)24-12-18(28)14-27-9-8-16-6-4-5-7-17(16)13-27/h4-7,10-11,18,28H,8-9,12-14H2,1-3H3,(H,24,26)/t18-/m1/s1. The predicted molar refractivity (Wildman–Crippen MR) is 117 cm³/mol. The molecule has 2 aromatic carbocycles. The summed E-state index contributed by atoms with van der Waals surface area (Å²) in [6.45, 7) is 4.77. The summed E-state index contributed by atoms with van der Waals surface area (Å²) in [5.74, 6) is 1.90. The largest absolute Gasteiger partial charge is 0.493 e. The molecule has 0 radical (unpaired) electrons. The number of aliphatic hydroxyl groups excluding tert-OH is 1. The van der Waals surface area contributed by atoms with Crippen molar-refractivity contribution in [1.29, 1.82) is 0 Å². The van der Waals surface area contributed by atoms with Crippen LogP contribution in [-0.2, 0) is 13.0 Å². The number of hydrogen-bond donors (Lipinski definition) is 2. The van der Waals surface area contributed by atoms with E-state index in [1.807, 2.05) is 19.1 Å². The van der Waals surface area contributed by atoms with Crippen LogP contribution in [0.25, 0.3) is 11.0 Å². The first-order valence-corrected chi connectivity index (χ1v) is 10.2. The van der Waals surface area contributed by atoms with Crippen LogP contribution < -0.4 is 14.8 Å². The van der Waals surface area contributed by atoms with Gasteiger partial charge in [-0.2, -0.15) is 0 Å². The SMILES string of the molecule is COc1cc2nc(C)c(NC[C@@H](O)CN3CCc4ccccc4C3)nc2cc1OC. The lowest BCUT2D eigenvalue weighted by atomic mass is 10.00. The number of fused-ring (bicyclic) bond motifs is 2. The van der Waals surface area contributed by atoms with E-state index in [2.05, 4.69) is 44.5 Å². The molecule has 0 unspecified atom stereocenters. The maximum absolute atomic E-state index is 10.6. The van der Waals surface area contributed by atoms with Crippen molar-refractivity contribution >= 4 is 16.9 Å². The smallest absolute Gasteiger partial charge is 0.163 e. The summed E-state index contributed by atoms with van der Waals surface area (Å²) in [6.07, 6.45) is 0.522. The molecule has 30 heavy (non-hydrogen) atoms. The highest BCUT2D eigenvalue weighted by Gasteiger charge is 2.19. The summed E-state index contributed by atoms with van der Waals surface area (Å²) < 4.78 is 10.7. The first-order valence-electron chi connectivity index (χ1n) is 10.2. The van der Waals surface area contributed by atoms with Gasteiger partial charge in [-0.05, 0) is 24.5 Å². The minimum atomic E-state index is -0.502. The predicted octanol–water partition coefficient (Wildman–Crippen LogP) is 2.79. The van der Waals surface area contributed by atoms with Crippen LogP contribution in [0.5, 0.6) is 11.5 Å². The Bertz CT molecular complexity index is 1040. The third-order valence-corrected chi connectivity index (χ3v) is 5.53. The molecule has 0 fully saturated rings. The molecule has 1 aliphatic rings. The summed E-state index contributed by atoms with van der Waals surface area (Å²) in [7, 11) is 3.20. The van der Waals surface area contributed by atoms with Gasteiger partial charge in [-0.25, -0.2) is 9.97 Å². The monoisotopic (exact) mass is 408 g/mol. The van der Waals surface area contributed by atoms with Crippen LogP contribution in [0, 0.1) is 6.92 Å². The maximum atomic E-state index is 10.6. The molecule has 3 aromatic rings. The number of aryl methyl sites for hydroxylation is 1.